The van der Waals surface area contributed by atoms with Crippen molar-refractivity contribution in [2.45, 2.75) is 44.9 Å². The lowest BCUT2D eigenvalue weighted by atomic mass is 10.2. The minimum absolute atomic E-state index is 0.129. The monoisotopic (exact) mass is 267 g/mol. The average molecular weight is 267 g/mol. The Morgan fingerprint density at radius 3 is 3.21 bits per heavy atom. The van der Waals surface area contributed by atoms with E-state index in [0.717, 1.165) is 32.4 Å². The predicted molar refractivity (Wildman–Crippen MR) is 69.9 cm³/mol. The first-order valence-electron chi connectivity index (χ1n) is 6.80. The zero-order chi connectivity index (χ0) is 13.7. The van der Waals surface area contributed by atoms with E-state index in [9.17, 15) is 9.90 Å². The number of rotatable bonds is 7. The number of ether oxygens (including phenoxy) is 1. The number of nitrogens with one attached hydrogen (secondary N) is 1. The van der Waals surface area contributed by atoms with Crippen LogP contribution in [0.5, 0.6) is 0 Å². The van der Waals surface area contributed by atoms with Crippen LogP contribution in [0.1, 0.15) is 37.9 Å². The predicted octanol–water partition coefficient (Wildman–Crippen LogP) is 1.19. The fourth-order valence-corrected chi connectivity index (χ4v) is 2.37. The number of carboxylic acids is 1. The van der Waals surface area contributed by atoms with Crippen LogP contribution in [0.15, 0.2) is 12.5 Å². The number of hydrogen-bond acceptors (Lipinski definition) is 4. The number of carbonyl (C=O) groups is 1. The molecule has 0 radical (unpaired) electrons. The van der Waals surface area contributed by atoms with Gasteiger partial charge in [-0.1, -0.05) is 6.92 Å². The third-order valence-electron chi connectivity index (χ3n) is 3.33. The maximum atomic E-state index is 11.4. The van der Waals surface area contributed by atoms with Crippen molar-refractivity contribution in [3.63, 3.8) is 0 Å². The molecule has 6 nitrogen and oxygen atoms in total. The van der Waals surface area contributed by atoms with Gasteiger partial charge in [0.1, 0.15) is 6.04 Å². The van der Waals surface area contributed by atoms with Crippen LogP contribution in [0, 0.1) is 0 Å². The number of aromatic nitrogens is 2. The largest absolute Gasteiger partial charge is 0.480 e. The SMILES string of the molecule is CCCn1cncc1C(NCC1CCCO1)C(=O)O. The molecule has 106 valence electrons. The Morgan fingerprint density at radius 1 is 1.74 bits per heavy atom. The van der Waals surface area contributed by atoms with Crippen LogP contribution >= 0.6 is 0 Å². The molecule has 1 fully saturated rings. The van der Waals surface area contributed by atoms with Crippen LogP contribution in [-0.2, 0) is 16.1 Å². The molecule has 1 aliphatic heterocycles. The maximum Gasteiger partial charge on any atom is 0.326 e. The second kappa shape index (κ2) is 6.68. The normalized spacial score (nSPS) is 20.6. The van der Waals surface area contributed by atoms with Crippen LogP contribution in [-0.4, -0.2) is 39.9 Å². The summed E-state index contributed by atoms with van der Waals surface area (Å²) in [5.41, 5.74) is 0.701. The molecule has 0 amide bonds. The molecular weight excluding hydrogens is 246 g/mol. The molecule has 2 N–H and O–H groups in total. The molecule has 2 unspecified atom stereocenters. The lowest BCUT2D eigenvalue weighted by molar-refractivity contribution is -0.140. The van der Waals surface area contributed by atoms with Crippen molar-refractivity contribution in [1.82, 2.24) is 14.9 Å². The van der Waals surface area contributed by atoms with Gasteiger partial charge in [0.25, 0.3) is 0 Å². The highest BCUT2D eigenvalue weighted by Crippen LogP contribution is 2.16. The minimum atomic E-state index is -0.879. The summed E-state index contributed by atoms with van der Waals surface area (Å²) in [5, 5.41) is 12.4. The van der Waals surface area contributed by atoms with Crippen molar-refractivity contribution in [1.29, 1.82) is 0 Å². The fourth-order valence-electron chi connectivity index (χ4n) is 2.37. The van der Waals surface area contributed by atoms with Gasteiger partial charge in [-0.2, -0.15) is 0 Å². The van der Waals surface area contributed by atoms with Crippen molar-refractivity contribution >= 4 is 5.97 Å². The van der Waals surface area contributed by atoms with Gasteiger partial charge in [-0.05, 0) is 19.3 Å². The van der Waals surface area contributed by atoms with Crippen LogP contribution in [0.25, 0.3) is 0 Å². The van der Waals surface area contributed by atoms with Crippen molar-refractivity contribution in [3.05, 3.63) is 18.2 Å². The highest BCUT2D eigenvalue weighted by Gasteiger charge is 2.25. The van der Waals surface area contributed by atoms with E-state index in [-0.39, 0.29) is 6.10 Å². The highest BCUT2D eigenvalue weighted by atomic mass is 16.5. The summed E-state index contributed by atoms with van der Waals surface area (Å²) in [6.45, 7) is 4.17. The molecule has 2 atom stereocenters. The first kappa shape index (κ1) is 14.0. The Morgan fingerprint density at radius 2 is 2.58 bits per heavy atom. The number of imidazole rings is 1. The summed E-state index contributed by atoms with van der Waals surface area (Å²) in [6, 6.07) is -0.724. The van der Waals surface area contributed by atoms with Gasteiger partial charge in [0.15, 0.2) is 0 Å². The van der Waals surface area contributed by atoms with E-state index in [0.29, 0.717) is 12.2 Å². The molecule has 1 saturated heterocycles. The van der Waals surface area contributed by atoms with Gasteiger partial charge < -0.3 is 14.4 Å². The van der Waals surface area contributed by atoms with Gasteiger partial charge >= 0.3 is 5.97 Å². The molecule has 0 spiro atoms. The molecule has 0 aromatic carbocycles. The Balaban J connectivity index is 2.01. The average Bonchev–Trinajstić information content (AvgIpc) is 3.02. The Bertz CT molecular complexity index is 413. The van der Waals surface area contributed by atoms with E-state index in [1.807, 2.05) is 4.57 Å². The second-order valence-corrected chi connectivity index (χ2v) is 4.83. The maximum absolute atomic E-state index is 11.4. The van der Waals surface area contributed by atoms with E-state index in [2.05, 4.69) is 17.2 Å². The van der Waals surface area contributed by atoms with Gasteiger partial charge in [0.05, 0.1) is 24.3 Å². The first-order chi connectivity index (χ1) is 9.22. The quantitative estimate of drug-likeness (QED) is 0.776. The summed E-state index contributed by atoms with van der Waals surface area (Å²) in [4.78, 5) is 15.5. The van der Waals surface area contributed by atoms with Crippen molar-refractivity contribution < 1.29 is 14.6 Å². The van der Waals surface area contributed by atoms with Crippen LogP contribution in [0.4, 0.5) is 0 Å². The van der Waals surface area contributed by atoms with E-state index < -0.39 is 12.0 Å². The summed E-state index contributed by atoms with van der Waals surface area (Å²) >= 11 is 0. The molecule has 0 bridgehead atoms. The van der Waals surface area contributed by atoms with Crippen molar-refractivity contribution in [2.75, 3.05) is 13.2 Å². The van der Waals surface area contributed by atoms with Gasteiger partial charge in [0.2, 0.25) is 0 Å². The Kier molecular flexibility index (Phi) is 4.93. The molecule has 2 rings (SSSR count). The third-order valence-corrected chi connectivity index (χ3v) is 3.33. The number of carboxylic acid groups (broad SMARTS) is 1. The summed E-state index contributed by atoms with van der Waals surface area (Å²) < 4.78 is 7.39. The highest BCUT2D eigenvalue weighted by molar-refractivity contribution is 5.74. The smallest absolute Gasteiger partial charge is 0.326 e. The van der Waals surface area contributed by atoms with Gasteiger partial charge in [0, 0.05) is 19.7 Å². The van der Waals surface area contributed by atoms with Gasteiger partial charge in [-0.15, -0.1) is 0 Å². The molecule has 0 saturated carbocycles. The number of nitrogens with zero attached hydrogens (tertiary/aromatic N) is 2. The van der Waals surface area contributed by atoms with Crippen LogP contribution in [0.3, 0.4) is 0 Å². The lowest BCUT2D eigenvalue weighted by Gasteiger charge is -2.18. The lowest BCUT2D eigenvalue weighted by Crippen LogP contribution is -2.35. The Labute approximate surface area is 112 Å². The van der Waals surface area contributed by atoms with Crippen LogP contribution in [0.2, 0.25) is 0 Å². The zero-order valence-electron chi connectivity index (χ0n) is 11.2. The number of hydrogen-bond donors (Lipinski definition) is 2. The molecule has 19 heavy (non-hydrogen) atoms. The molecule has 2 heterocycles. The van der Waals surface area contributed by atoms with E-state index in [1.165, 1.54) is 0 Å². The standard InChI is InChI=1S/C13H21N3O3/c1-2-5-16-9-14-8-11(16)12(13(17)18)15-7-10-4-3-6-19-10/h8-10,12,15H,2-7H2,1H3,(H,17,18). The van der Waals surface area contributed by atoms with Crippen LogP contribution < -0.4 is 5.32 Å². The van der Waals surface area contributed by atoms with Crippen molar-refractivity contribution in [2.24, 2.45) is 0 Å². The van der Waals surface area contributed by atoms with E-state index in [1.54, 1.807) is 12.5 Å². The van der Waals surface area contributed by atoms with E-state index in [4.69, 9.17) is 4.74 Å². The second-order valence-electron chi connectivity index (χ2n) is 4.83. The molecule has 1 aromatic heterocycles. The summed E-state index contributed by atoms with van der Waals surface area (Å²) in [6.07, 6.45) is 6.43. The molecule has 6 heteroatoms. The van der Waals surface area contributed by atoms with Crippen molar-refractivity contribution in [3.8, 4) is 0 Å². The molecule has 1 aromatic rings. The van der Waals surface area contributed by atoms with Gasteiger partial charge in [-0.3, -0.25) is 10.1 Å². The summed E-state index contributed by atoms with van der Waals surface area (Å²) in [5.74, 6) is -0.879. The third kappa shape index (κ3) is 3.54. The topological polar surface area (TPSA) is 76.4 Å². The minimum Gasteiger partial charge on any atom is -0.480 e. The Hall–Kier alpha value is -1.40. The number of aryl methyl sites for hydroxylation is 1. The molecular formula is C13H21N3O3. The fraction of sp³-hybridized carbons (Fsp3) is 0.692. The number of aliphatic carboxylic acids is 1. The summed E-state index contributed by atoms with van der Waals surface area (Å²) in [7, 11) is 0. The molecule has 1 aliphatic rings. The zero-order valence-corrected chi connectivity index (χ0v) is 11.2. The van der Waals surface area contributed by atoms with E-state index >= 15 is 0 Å². The molecule has 0 aliphatic carbocycles. The first-order valence-corrected chi connectivity index (χ1v) is 6.80. The van der Waals surface area contributed by atoms with Gasteiger partial charge in [-0.25, -0.2) is 4.98 Å².